The summed E-state index contributed by atoms with van der Waals surface area (Å²) in [5.74, 6) is 0.714. The van der Waals surface area contributed by atoms with E-state index in [1.54, 1.807) is 7.11 Å². The number of nitrogens with one attached hydrogen (secondary N) is 1. The molecule has 0 aliphatic carbocycles. The Morgan fingerprint density at radius 1 is 1.41 bits per heavy atom. The Bertz CT molecular complexity index is 216. The van der Waals surface area contributed by atoms with E-state index < -0.39 is 0 Å². The van der Waals surface area contributed by atoms with Gasteiger partial charge in [-0.25, -0.2) is 0 Å². The monoisotopic (exact) mass is 242 g/mol. The fourth-order valence-corrected chi connectivity index (χ4v) is 2.20. The Labute approximate surface area is 107 Å². The van der Waals surface area contributed by atoms with Gasteiger partial charge >= 0.3 is 0 Å². The lowest BCUT2D eigenvalue weighted by Gasteiger charge is -2.30. The summed E-state index contributed by atoms with van der Waals surface area (Å²) in [4.78, 5) is 2.59. The molecular formula is C14H30N2O. The minimum absolute atomic E-state index is 0.00700. The van der Waals surface area contributed by atoms with E-state index in [1.807, 2.05) is 0 Å². The van der Waals surface area contributed by atoms with Crippen LogP contribution in [0.1, 0.15) is 40.5 Å². The Kier molecular flexibility index (Phi) is 5.90. The molecule has 3 heteroatoms. The third kappa shape index (κ3) is 5.36. The van der Waals surface area contributed by atoms with Crippen LogP contribution >= 0.6 is 0 Å². The molecule has 1 heterocycles. The van der Waals surface area contributed by atoms with Gasteiger partial charge in [-0.05, 0) is 45.7 Å². The fourth-order valence-electron chi connectivity index (χ4n) is 2.20. The zero-order chi connectivity index (χ0) is 12.9. The molecule has 0 aromatic heterocycles. The van der Waals surface area contributed by atoms with Crippen molar-refractivity contribution in [1.29, 1.82) is 0 Å². The van der Waals surface area contributed by atoms with Gasteiger partial charge < -0.3 is 15.0 Å². The molecule has 17 heavy (non-hydrogen) atoms. The minimum Gasteiger partial charge on any atom is -0.379 e. The molecule has 0 saturated carbocycles. The first-order valence-electron chi connectivity index (χ1n) is 6.95. The number of nitrogens with zero attached hydrogens (tertiary/aromatic N) is 1. The van der Waals surface area contributed by atoms with Crippen LogP contribution in [-0.2, 0) is 4.74 Å². The van der Waals surface area contributed by atoms with E-state index in [9.17, 15) is 0 Å². The van der Waals surface area contributed by atoms with Crippen molar-refractivity contribution in [3.8, 4) is 0 Å². The summed E-state index contributed by atoms with van der Waals surface area (Å²) in [7, 11) is 1.81. The Balaban J connectivity index is 2.41. The molecule has 1 atom stereocenters. The van der Waals surface area contributed by atoms with Gasteiger partial charge in [-0.1, -0.05) is 13.8 Å². The quantitative estimate of drug-likeness (QED) is 0.799. The van der Waals surface area contributed by atoms with Crippen LogP contribution < -0.4 is 5.32 Å². The SMILES string of the molecule is COC(C)(C)CCN1CCCNC(C(C)C)C1. The second-order valence-electron chi connectivity index (χ2n) is 6.17. The second-order valence-corrected chi connectivity index (χ2v) is 6.17. The van der Waals surface area contributed by atoms with Crippen molar-refractivity contribution in [2.24, 2.45) is 5.92 Å². The predicted molar refractivity (Wildman–Crippen MR) is 73.4 cm³/mol. The second kappa shape index (κ2) is 6.72. The van der Waals surface area contributed by atoms with E-state index >= 15 is 0 Å². The maximum Gasteiger partial charge on any atom is 0.0634 e. The highest BCUT2D eigenvalue weighted by molar-refractivity contribution is 4.80. The molecule has 0 radical (unpaired) electrons. The summed E-state index contributed by atoms with van der Waals surface area (Å²) in [6.07, 6.45) is 2.37. The van der Waals surface area contributed by atoms with Crippen LogP contribution in [0.15, 0.2) is 0 Å². The number of hydrogen-bond donors (Lipinski definition) is 1. The van der Waals surface area contributed by atoms with Crippen molar-refractivity contribution in [3.63, 3.8) is 0 Å². The van der Waals surface area contributed by atoms with Crippen molar-refractivity contribution in [1.82, 2.24) is 10.2 Å². The van der Waals surface area contributed by atoms with Crippen molar-refractivity contribution < 1.29 is 4.74 Å². The molecule has 3 nitrogen and oxygen atoms in total. The fraction of sp³-hybridized carbons (Fsp3) is 1.00. The largest absolute Gasteiger partial charge is 0.379 e. The lowest BCUT2D eigenvalue weighted by Crippen LogP contribution is -2.42. The molecule has 1 aliphatic rings. The molecule has 0 amide bonds. The molecule has 1 saturated heterocycles. The topological polar surface area (TPSA) is 24.5 Å². The third-order valence-corrected chi connectivity index (χ3v) is 3.90. The summed E-state index contributed by atoms with van der Waals surface area (Å²) in [5, 5.41) is 3.65. The molecular weight excluding hydrogens is 212 g/mol. The molecule has 0 bridgehead atoms. The third-order valence-electron chi connectivity index (χ3n) is 3.90. The van der Waals surface area contributed by atoms with E-state index in [4.69, 9.17) is 4.74 Å². The first-order chi connectivity index (χ1) is 7.94. The minimum atomic E-state index is 0.00700. The van der Waals surface area contributed by atoms with Crippen LogP contribution in [0.2, 0.25) is 0 Å². The van der Waals surface area contributed by atoms with Gasteiger partial charge in [0.05, 0.1) is 5.60 Å². The Hall–Kier alpha value is -0.120. The number of methoxy groups -OCH3 is 1. The van der Waals surface area contributed by atoms with E-state index in [2.05, 4.69) is 37.9 Å². The molecule has 1 fully saturated rings. The van der Waals surface area contributed by atoms with Crippen molar-refractivity contribution in [2.45, 2.75) is 52.2 Å². The van der Waals surface area contributed by atoms with Gasteiger partial charge in [0.2, 0.25) is 0 Å². The zero-order valence-electron chi connectivity index (χ0n) is 12.3. The highest BCUT2D eigenvalue weighted by atomic mass is 16.5. The average molecular weight is 242 g/mol. The van der Waals surface area contributed by atoms with Crippen LogP contribution in [-0.4, -0.2) is 49.8 Å². The Morgan fingerprint density at radius 3 is 2.71 bits per heavy atom. The number of rotatable bonds is 5. The number of ether oxygens (including phenoxy) is 1. The van der Waals surface area contributed by atoms with Gasteiger partial charge in [0.1, 0.15) is 0 Å². The van der Waals surface area contributed by atoms with Crippen LogP contribution in [0, 0.1) is 5.92 Å². The summed E-state index contributed by atoms with van der Waals surface area (Å²) in [6, 6.07) is 0.642. The van der Waals surface area contributed by atoms with Crippen molar-refractivity contribution >= 4 is 0 Å². The van der Waals surface area contributed by atoms with Crippen LogP contribution in [0.4, 0.5) is 0 Å². The maximum atomic E-state index is 5.49. The lowest BCUT2D eigenvalue weighted by atomic mass is 10.0. The van der Waals surface area contributed by atoms with Gasteiger partial charge in [-0.2, -0.15) is 0 Å². The van der Waals surface area contributed by atoms with Crippen LogP contribution in [0.25, 0.3) is 0 Å². The van der Waals surface area contributed by atoms with Gasteiger partial charge in [0.25, 0.3) is 0 Å². The highest BCUT2D eigenvalue weighted by Crippen LogP contribution is 2.15. The maximum absolute atomic E-state index is 5.49. The van der Waals surface area contributed by atoms with Gasteiger partial charge in [0, 0.05) is 26.2 Å². The molecule has 1 aliphatic heterocycles. The lowest BCUT2D eigenvalue weighted by molar-refractivity contribution is 0.00707. The molecule has 1 unspecified atom stereocenters. The van der Waals surface area contributed by atoms with Gasteiger partial charge in [0.15, 0.2) is 0 Å². The summed E-state index contributed by atoms with van der Waals surface area (Å²) < 4.78 is 5.49. The van der Waals surface area contributed by atoms with E-state index in [0.29, 0.717) is 12.0 Å². The van der Waals surface area contributed by atoms with Gasteiger partial charge in [-0.15, -0.1) is 0 Å². The molecule has 0 aromatic rings. The van der Waals surface area contributed by atoms with E-state index in [1.165, 1.54) is 19.5 Å². The summed E-state index contributed by atoms with van der Waals surface area (Å²) >= 11 is 0. The molecule has 1 N–H and O–H groups in total. The standard InChI is InChI=1S/C14H30N2O/c1-12(2)13-11-16(9-6-8-15-13)10-7-14(3,4)17-5/h12-13,15H,6-11H2,1-5H3. The van der Waals surface area contributed by atoms with Crippen LogP contribution in [0.5, 0.6) is 0 Å². The van der Waals surface area contributed by atoms with E-state index in [0.717, 1.165) is 19.5 Å². The van der Waals surface area contributed by atoms with Crippen molar-refractivity contribution in [3.05, 3.63) is 0 Å². The molecule has 1 rings (SSSR count). The molecule has 0 aromatic carbocycles. The predicted octanol–water partition coefficient (Wildman–Crippen LogP) is 2.12. The first kappa shape index (κ1) is 14.9. The first-order valence-corrected chi connectivity index (χ1v) is 6.95. The average Bonchev–Trinajstić information content (AvgIpc) is 2.52. The highest BCUT2D eigenvalue weighted by Gasteiger charge is 2.22. The van der Waals surface area contributed by atoms with Crippen molar-refractivity contribution in [2.75, 3.05) is 33.3 Å². The van der Waals surface area contributed by atoms with Crippen LogP contribution in [0.3, 0.4) is 0 Å². The Morgan fingerprint density at radius 2 is 2.12 bits per heavy atom. The zero-order valence-corrected chi connectivity index (χ0v) is 12.3. The summed E-state index contributed by atoms with van der Waals surface area (Å²) in [6.45, 7) is 13.7. The molecule has 0 spiro atoms. The molecule has 102 valence electrons. The van der Waals surface area contributed by atoms with E-state index in [-0.39, 0.29) is 5.60 Å². The smallest absolute Gasteiger partial charge is 0.0634 e. The number of hydrogen-bond acceptors (Lipinski definition) is 3. The normalized spacial score (nSPS) is 24.0. The van der Waals surface area contributed by atoms with Gasteiger partial charge in [-0.3, -0.25) is 0 Å². The summed E-state index contributed by atoms with van der Waals surface area (Å²) in [5.41, 5.74) is 0.00700.